The standard InChI is InChI=1S/C14H9NO3/c16-8-12-3-4-14(18-12)10-2-1-9-5-11(17)7-15-13(9)6-10/h1-8,17H. The van der Waals surface area contributed by atoms with Crippen molar-refractivity contribution in [3.63, 3.8) is 0 Å². The summed E-state index contributed by atoms with van der Waals surface area (Å²) >= 11 is 0. The van der Waals surface area contributed by atoms with E-state index >= 15 is 0 Å². The fourth-order valence-corrected chi connectivity index (χ4v) is 1.83. The lowest BCUT2D eigenvalue weighted by molar-refractivity contribution is 0.110. The molecule has 3 rings (SSSR count). The van der Waals surface area contributed by atoms with Gasteiger partial charge in [0.05, 0.1) is 11.7 Å². The van der Waals surface area contributed by atoms with Crippen LogP contribution in [0.3, 0.4) is 0 Å². The SMILES string of the molecule is O=Cc1ccc(-c2ccc3cc(O)cnc3c2)o1. The Labute approximate surface area is 103 Å². The summed E-state index contributed by atoms with van der Waals surface area (Å²) in [4.78, 5) is 14.7. The molecule has 0 aliphatic rings. The molecule has 0 aliphatic heterocycles. The highest BCUT2D eigenvalue weighted by atomic mass is 16.3. The van der Waals surface area contributed by atoms with Crippen molar-refractivity contribution in [2.45, 2.75) is 0 Å². The Balaban J connectivity index is 2.12. The maximum atomic E-state index is 10.6. The summed E-state index contributed by atoms with van der Waals surface area (Å²) < 4.78 is 5.35. The first-order valence-electron chi connectivity index (χ1n) is 5.40. The normalized spacial score (nSPS) is 10.7. The molecule has 0 spiro atoms. The number of benzene rings is 1. The van der Waals surface area contributed by atoms with E-state index in [0.717, 1.165) is 16.5 Å². The van der Waals surface area contributed by atoms with Gasteiger partial charge in [-0.2, -0.15) is 0 Å². The molecule has 4 nitrogen and oxygen atoms in total. The van der Waals surface area contributed by atoms with Crippen LogP contribution >= 0.6 is 0 Å². The summed E-state index contributed by atoms with van der Waals surface area (Å²) in [6.45, 7) is 0. The van der Waals surface area contributed by atoms with Gasteiger partial charge in [-0.3, -0.25) is 9.78 Å². The first kappa shape index (κ1) is 10.5. The third-order valence-electron chi connectivity index (χ3n) is 2.70. The van der Waals surface area contributed by atoms with Gasteiger partial charge in [-0.25, -0.2) is 0 Å². The van der Waals surface area contributed by atoms with Crippen LogP contribution in [0.5, 0.6) is 5.75 Å². The average molecular weight is 239 g/mol. The summed E-state index contributed by atoms with van der Waals surface area (Å²) in [6.07, 6.45) is 2.06. The second-order valence-electron chi connectivity index (χ2n) is 3.92. The van der Waals surface area contributed by atoms with Crippen molar-refractivity contribution >= 4 is 17.2 Å². The number of aromatic nitrogens is 1. The summed E-state index contributed by atoms with van der Waals surface area (Å²) in [5, 5.41) is 10.2. The van der Waals surface area contributed by atoms with E-state index in [2.05, 4.69) is 4.98 Å². The smallest absolute Gasteiger partial charge is 0.185 e. The Morgan fingerprint density at radius 1 is 1.17 bits per heavy atom. The van der Waals surface area contributed by atoms with Gasteiger partial charge in [-0.1, -0.05) is 12.1 Å². The van der Waals surface area contributed by atoms with Crippen molar-refractivity contribution in [2.24, 2.45) is 0 Å². The molecule has 1 N–H and O–H groups in total. The topological polar surface area (TPSA) is 63.3 Å². The summed E-state index contributed by atoms with van der Waals surface area (Å²) in [6, 6.07) is 10.6. The molecule has 0 saturated heterocycles. The zero-order valence-electron chi connectivity index (χ0n) is 9.33. The Morgan fingerprint density at radius 3 is 2.83 bits per heavy atom. The van der Waals surface area contributed by atoms with Gasteiger partial charge in [0.25, 0.3) is 0 Å². The first-order valence-corrected chi connectivity index (χ1v) is 5.40. The lowest BCUT2D eigenvalue weighted by Gasteiger charge is -2.01. The second kappa shape index (κ2) is 4.00. The van der Waals surface area contributed by atoms with Crippen LogP contribution < -0.4 is 0 Å². The predicted molar refractivity (Wildman–Crippen MR) is 66.5 cm³/mol. The van der Waals surface area contributed by atoms with Crippen LogP contribution in [0.1, 0.15) is 10.6 Å². The number of aromatic hydroxyl groups is 1. The molecule has 0 unspecified atom stereocenters. The van der Waals surface area contributed by atoms with Crippen molar-refractivity contribution in [3.05, 3.63) is 48.4 Å². The minimum absolute atomic E-state index is 0.136. The highest BCUT2D eigenvalue weighted by Crippen LogP contribution is 2.26. The third-order valence-corrected chi connectivity index (χ3v) is 2.70. The molecule has 0 atom stereocenters. The van der Waals surface area contributed by atoms with E-state index in [1.54, 1.807) is 18.2 Å². The van der Waals surface area contributed by atoms with Crippen LogP contribution in [-0.4, -0.2) is 16.4 Å². The summed E-state index contributed by atoms with van der Waals surface area (Å²) in [5.41, 5.74) is 1.60. The predicted octanol–water partition coefficient (Wildman–Crippen LogP) is 3.01. The van der Waals surface area contributed by atoms with Crippen LogP contribution in [-0.2, 0) is 0 Å². The molecule has 4 heteroatoms. The van der Waals surface area contributed by atoms with E-state index in [4.69, 9.17) is 4.42 Å². The molecular formula is C14H9NO3. The van der Waals surface area contributed by atoms with Crippen LogP contribution in [0.2, 0.25) is 0 Å². The molecule has 0 fully saturated rings. The first-order chi connectivity index (χ1) is 8.76. The van der Waals surface area contributed by atoms with Gasteiger partial charge in [-0.15, -0.1) is 0 Å². The minimum Gasteiger partial charge on any atom is -0.506 e. The van der Waals surface area contributed by atoms with E-state index in [1.165, 1.54) is 6.20 Å². The van der Waals surface area contributed by atoms with Gasteiger partial charge in [0.15, 0.2) is 12.0 Å². The molecule has 3 aromatic rings. The average Bonchev–Trinajstić information content (AvgIpc) is 2.87. The van der Waals surface area contributed by atoms with Crippen LogP contribution in [0.25, 0.3) is 22.2 Å². The monoisotopic (exact) mass is 239 g/mol. The van der Waals surface area contributed by atoms with E-state index in [9.17, 15) is 9.90 Å². The molecule has 0 amide bonds. The highest BCUT2D eigenvalue weighted by molar-refractivity contribution is 5.84. The van der Waals surface area contributed by atoms with Crippen LogP contribution in [0.4, 0.5) is 0 Å². The number of carbonyl (C=O) groups excluding carboxylic acids is 1. The van der Waals surface area contributed by atoms with Gasteiger partial charge in [-0.05, 0) is 24.3 Å². The van der Waals surface area contributed by atoms with Crippen molar-refractivity contribution in [1.82, 2.24) is 4.98 Å². The number of rotatable bonds is 2. The van der Waals surface area contributed by atoms with Crippen LogP contribution in [0.15, 0.2) is 47.0 Å². The molecule has 2 aromatic heterocycles. The number of pyridine rings is 1. The third kappa shape index (κ3) is 1.73. The number of hydrogen-bond acceptors (Lipinski definition) is 4. The fraction of sp³-hybridized carbons (Fsp3) is 0. The number of fused-ring (bicyclic) bond motifs is 1. The van der Waals surface area contributed by atoms with E-state index in [1.807, 2.05) is 18.2 Å². The molecule has 2 heterocycles. The molecule has 1 aromatic carbocycles. The lowest BCUT2D eigenvalue weighted by Crippen LogP contribution is -1.80. The largest absolute Gasteiger partial charge is 0.506 e. The van der Waals surface area contributed by atoms with Crippen LogP contribution in [0, 0.1) is 0 Å². The maximum absolute atomic E-state index is 10.6. The molecule has 18 heavy (non-hydrogen) atoms. The van der Waals surface area contributed by atoms with Gasteiger partial charge < -0.3 is 9.52 Å². The quantitative estimate of drug-likeness (QED) is 0.698. The molecule has 0 saturated carbocycles. The molecule has 88 valence electrons. The van der Waals surface area contributed by atoms with Crippen molar-refractivity contribution in [1.29, 1.82) is 0 Å². The molecular weight excluding hydrogens is 230 g/mol. The molecule has 0 aliphatic carbocycles. The van der Waals surface area contributed by atoms with Gasteiger partial charge >= 0.3 is 0 Å². The van der Waals surface area contributed by atoms with E-state index in [-0.39, 0.29) is 5.75 Å². The summed E-state index contributed by atoms with van der Waals surface area (Å²) in [7, 11) is 0. The Hall–Kier alpha value is -2.62. The van der Waals surface area contributed by atoms with E-state index < -0.39 is 0 Å². The number of furan rings is 1. The van der Waals surface area contributed by atoms with Crippen molar-refractivity contribution in [3.8, 4) is 17.1 Å². The number of hydrogen-bond donors (Lipinski definition) is 1. The van der Waals surface area contributed by atoms with E-state index in [0.29, 0.717) is 17.8 Å². The minimum atomic E-state index is 0.136. The maximum Gasteiger partial charge on any atom is 0.185 e. The van der Waals surface area contributed by atoms with Gasteiger partial charge in [0, 0.05) is 10.9 Å². The fourth-order valence-electron chi connectivity index (χ4n) is 1.83. The highest BCUT2D eigenvalue weighted by Gasteiger charge is 2.06. The number of aldehydes is 1. The molecule has 0 radical (unpaired) electrons. The number of nitrogens with zero attached hydrogens (tertiary/aromatic N) is 1. The van der Waals surface area contributed by atoms with Crippen molar-refractivity contribution < 1.29 is 14.3 Å². The lowest BCUT2D eigenvalue weighted by atomic mass is 10.1. The zero-order chi connectivity index (χ0) is 12.5. The Morgan fingerprint density at radius 2 is 2.06 bits per heavy atom. The Bertz CT molecular complexity index is 731. The number of carbonyl (C=O) groups is 1. The molecule has 0 bridgehead atoms. The second-order valence-corrected chi connectivity index (χ2v) is 3.92. The zero-order valence-corrected chi connectivity index (χ0v) is 9.33. The van der Waals surface area contributed by atoms with Crippen molar-refractivity contribution in [2.75, 3.05) is 0 Å². The Kier molecular flexibility index (Phi) is 2.34. The van der Waals surface area contributed by atoms with Gasteiger partial charge in [0.1, 0.15) is 11.5 Å². The summed E-state index contributed by atoms with van der Waals surface area (Å²) in [5.74, 6) is 1.05. The van der Waals surface area contributed by atoms with Gasteiger partial charge in [0.2, 0.25) is 0 Å².